The Bertz CT molecular complexity index is 1370. The summed E-state index contributed by atoms with van der Waals surface area (Å²) in [5, 5.41) is 0. The third-order valence-electron chi connectivity index (χ3n) is 9.43. The number of amides is 1. The van der Waals surface area contributed by atoms with E-state index in [4.69, 9.17) is 15.2 Å². The van der Waals surface area contributed by atoms with Crippen molar-refractivity contribution in [1.82, 2.24) is 0 Å². The molecular weight excluding hydrogens is 534 g/mol. The minimum atomic E-state index is -0.348. The average Bonchev–Trinajstić information content (AvgIpc) is 3.02. The van der Waals surface area contributed by atoms with E-state index in [0.29, 0.717) is 36.7 Å². The number of hydrogen-bond donors (Lipinski definition) is 1. The Kier molecular flexibility index (Phi) is 10.8. The molecule has 1 aliphatic heterocycles. The van der Waals surface area contributed by atoms with Gasteiger partial charge in [0.25, 0.3) is 0 Å². The van der Waals surface area contributed by atoms with Crippen LogP contribution in [-0.2, 0) is 17.8 Å². The Labute approximate surface area is 259 Å². The summed E-state index contributed by atoms with van der Waals surface area (Å²) in [5.41, 5.74) is 12.2. The van der Waals surface area contributed by atoms with Crippen molar-refractivity contribution in [3.8, 4) is 11.5 Å². The number of rotatable bonds is 13. The highest BCUT2D eigenvalue weighted by molar-refractivity contribution is 5.98. The fourth-order valence-electron chi connectivity index (χ4n) is 5.87. The molecule has 0 bridgehead atoms. The van der Waals surface area contributed by atoms with Gasteiger partial charge in [-0.3, -0.25) is 4.79 Å². The lowest BCUT2D eigenvalue weighted by molar-refractivity contribution is -0.118. The highest BCUT2D eigenvalue weighted by atomic mass is 16.5. The molecule has 3 aromatic carbocycles. The van der Waals surface area contributed by atoms with Gasteiger partial charge in [-0.1, -0.05) is 65.3 Å². The first kappa shape index (κ1) is 32.4. The van der Waals surface area contributed by atoms with Crippen molar-refractivity contribution < 1.29 is 14.3 Å². The van der Waals surface area contributed by atoms with E-state index in [1.807, 2.05) is 43.3 Å². The topological polar surface area (TPSA) is 68.0 Å². The molecule has 0 fully saturated rings. The molecule has 232 valence electrons. The Morgan fingerprint density at radius 3 is 2.23 bits per heavy atom. The molecule has 5 unspecified atom stereocenters. The van der Waals surface area contributed by atoms with Crippen molar-refractivity contribution in [3.05, 3.63) is 82.9 Å². The van der Waals surface area contributed by atoms with E-state index >= 15 is 0 Å². The maximum atomic E-state index is 14.1. The first-order valence-corrected chi connectivity index (χ1v) is 15.9. The molecule has 1 heterocycles. The number of benzene rings is 3. The third kappa shape index (κ3) is 7.18. The lowest BCUT2D eigenvalue weighted by Crippen LogP contribution is -2.41. The molecule has 5 atom stereocenters. The van der Waals surface area contributed by atoms with Gasteiger partial charge in [-0.2, -0.15) is 0 Å². The van der Waals surface area contributed by atoms with E-state index in [1.165, 1.54) is 0 Å². The second-order valence-corrected chi connectivity index (χ2v) is 12.5. The van der Waals surface area contributed by atoms with Crippen molar-refractivity contribution in [2.45, 2.75) is 79.5 Å². The zero-order valence-corrected chi connectivity index (χ0v) is 27.4. The number of nitrogens with zero attached hydrogens (tertiary/aromatic N) is 2. The van der Waals surface area contributed by atoms with Gasteiger partial charge in [0, 0.05) is 32.0 Å². The van der Waals surface area contributed by atoms with Gasteiger partial charge in [-0.05, 0) is 89.8 Å². The second-order valence-electron chi connectivity index (χ2n) is 12.5. The van der Waals surface area contributed by atoms with Crippen molar-refractivity contribution >= 4 is 17.3 Å². The van der Waals surface area contributed by atoms with Crippen LogP contribution in [0.5, 0.6) is 11.5 Å². The largest absolute Gasteiger partial charge is 0.489 e. The van der Waals surface area contributed by atoms with Crippen molar-refractivity contribution in [1.29, 1.82) is 0 Å². The van der Waals surface area contributed by atoms with Crippen molar-refractivity contribution in [3.63, 3.8) is 0 Å². The summed E-state index contributed by atoms with van der Waals surface area (Å²) in [6, 6.07) is 20.2. The summed E-state index contributed by atoms with van der Waals surface area (Å²) in [6.45, 7) is 14.3. The summed E-state index contributed by atoms with van der Waals surface area (Å²) in [6.07, 6.45) is 2.33. The van der Waals surface area contributed by atoms with E-state index in [1.54, 1.807) is 0 Å². The average molecular weight is 586 g/mol. The van der Waals surface area contributed by atoms with Crippen LogP contribution >= 0.6 is 0 Å². The summed E-state index contributed by atoms with van der Waals surface area (Å²) < 4.78 is 13.0. The van der Waals surface area contributed by atoms with E-state index in [0.717, 1.165) is 52.2 Å². The van der Waals surface area contributed by atoms with Gasteiger partial charge in [-0.25, -0.2) is 0 Å². The van der Waals surface area contributed by atoms with Gasteiger partial charge in [0.15, 0.2) is 11.5 Å². The number of carbonyl (C=O) groups excluding carboxylic acids is 1. The Balaban J connectivity index is 1.84. The van der Waals surface area contributed by atoms with Gasteiger partial charge < -0.3 is 25.0 Å². The summed E-state index contributed by atoms with van der Waals surface area (Å²) >= 11 is 0. The molecule has 0 aromatic heterocycles. The van der Waals surface area contributed by atoms with Crippen LogP contribution in [0.2, 0.25) is 0 Å². The number of anilines is 2. The van der Waals surface area contributed by atoms with Gasteiger partial charge in [0.05, 0.1) is 25.2 Å². The highest BCUT2D eigenvalue weighted by Crippen LogP contribution is 2.45. The molecule has 0 saturated heterocycles. The molecule has 43 heavy (non-hydrogen) atoms. The number of ether oxygens (including phenoxy) is 2. The minimum Gasteiger partial charge on any atom is -0.489 e. The smallest absolute Gasteiger partial charge is 0.232 e. The lowest BCUT2D eigenvalue weighted by Gasteiger charge is -2.39. The molecule has 0 radical (unpaired) electrons. The van der Waals surface area contributed by atoms with Crippen LogP contribution in [0.25, 0.3) is 0 Å². The van der Waals surface area contributed by atoms with E-state index in [9.17, 15) is 4.79 Å². The molecule has 6 heteroatoms. The van der Waals surface area contributed by atoms with Crippen LogP contribution < -0.4 is 25.0 Å². The Morgan fingerprint density at radius 2 is 1.60 bits per heavy atom. The van der Waals surface area contributed by atoms with E-state index < -0.39 is 0 Å². The monoisotopic (exact) mass is 585 g/mol. The van der Waals surface area contributed by atoms with Gasteiger partial charge in [0.2, 0.25) is 5.91 Å². The van der Waals surface area contributed by atoms with E-state index in [-0.39, 0.29) is 24.5 Å². The fourth-order valence-corrected chi connectivity index (χ4v) is 5.87. The van der Waals surface area contributed by atoms with Crippen LogP contribution in [0.1, 0.15) is 82.7 Å². The van der Waals surface area contributed by atoms with Crippen molar-refractivity contribution in [2.75, 3.05) is 30.5 Å². The molecule has 0 aliphatic carbocycles. The molecule has 0 saturated carbocycles. The number of nitrogens with two attached hydrogens (primary N) is 1. The predicted molar refractivity (Wildman–Crippen MR) is 178 cm³/mol. The van der Waals surface area contributed by atoms with Gasteiger partial charge in [-0.15, -0.1) is 0 Å². The molecule has 3 aromatic rings. The minimum absolute atomic E-state index is 0.0199. The predicted octanol–water partition coefficient (Wildman–Crippen LogP) is 7.76. The number of hydrogen-bond acceptors (Lipinski definition) is 5. The molecule has 1 amide bonds. The first-order chi connectivity index (χ1) is 20.6. The quantitative estimate of drug-likeness (QED) is 0.222. The zero-order valence-electron chi connectivity index (χ0n) is 27.4. The molecule has 1 aliphatic rings. The SMILES string of the molecule is CCC(C)Oc1cc2c(cc1OCC(C)C(C)C(C)CC)CC(=O)N(c1ccc(N(C)C)cc1)C2c1ccccc1CN. The summed E-state index contributed by atoms with van der Waals surface area (Å²) in [4.78, 5) is 18.0. The molecular formula is C37H51N3O3. The molecule has 4 rings (SSSR count). The Hall–Kier alpha value is -3.51. The standard InChI is InChI=1S/C37H51N3O3/c1-9-24(3)27(6)25(4)23-42-34-19-29-20-36(41)40(31-17-15-30(16-18-31)39(7)8)37(32-14-12-11-13-28(32)22-38)33(29)21-35(34)43-26(5)10-2/h11-19,21,24-27,37H,9-10,20,22-23,38H2,1-8H3. The van der Waals surface area contributed by atoms with Crippen LogP contribution in [0.15, 0.2) is 60.7 Å². The molecule has 6 nitrogen and oxygen atoms in total. The lowest BCUT2D eigenvalue weighted by atomic mass is 9.84. The van der Waals surface area contributed by atoms with Crippen LogP contribution in [0, 0.1) is 17.8 Å². The summed E-state index contributed by atoms with van der Waals surface area (Å²) in [5.74, 6) is 3.02. The Morgan fingerprint density at radius 1 is 0.907 bits per heavy atom. The van der Waals surface area contributed by atoms with E-state index in [2.05, 4.69) is 82.8 Å². The van der Waals surface area contributed by atoms with Gasteiger partial charge >= 0.3 is 0 Å². The summed E-state index contributed by atoms with van der Waals surface area (Å²) in [7, 11) is 4.03. The third-order valence-corrected chi connectivity index (χ3v) is 9.43. The molecule has 2 N–H and O–H groups in total. The second kappa shape index (κ2) is 14.3. The fraction of sp³-hybridized carbons (Fsp3) is 0.486. The number of carbonyl (C=O) groups is 1. The zero-order chi connectivity index (χ0) is 31.3. The van der Waals surface area contributed by atoms with Gasteiger partial charge in [0.1, 0.15) is 0 Å². The normalized spacial score (nSPS) is 17.6. The van der Waals surface area contributed by atoms with Crippen LogP contribution in [-0.4, -0.2) is 32.7 Å². The van der Waals surface area contributed by atoms with Crippen LogP contribution in [0.4, 0.5) is 11.4 Å². The number of fused-ring (bicyclic) bond motifs is 1. The maximum Gasteiger partial charge on any atom is 0.232 e. The molecule has 0 spiro atoms. The maximum absolute atomic E-state index is 14.1. The highest BCUT2D eigenvalue weighted by Gasteiger charge is 2.37. The van der Waals surface area contributed by atoms with Crippen LogP contribution in [0.3, 0.4) is 0 Å². The van der Waals surface area contributed by atoms with Crippen molar-refractivity contribution in [2.24, 2.45) is 23.5 Å². The first-order valence-electron chi connectivity index (χ1n) is 15.9.